The van der Waals surface area contributed by atoms with Gasteiger partial charge in [-0.1, -0.05) is 42.5 Å². The van der Waals surface area contributed by atoms with Gasteiger partial charge in [-0.25, -0.2) is 0 Å². The molecule has 0 aromatic heterocycles. The summed E-state index contributed by atoms with van der Waals surface area (Å²) in [4.78, 5) is 0. The summed E-state index contributed by atoms with van der Waals surface area (Å²) >= 11 is 0. The molecule has 0 saturated heterocycles. The molecule has 8 unspecified atom stereocenters. The SMILES string of the molecule is PCCCP.PCCP.Pc1cccc(P)c1.Pc1ccccc1P. The van der Waals surface area contributed by atoms with Gasteiger partial charge in [-0.05, 0) is 58.4 Å². The highest BCUT2D eigenvalue weighted by Crippen LogP contribution is 1.91. The summed E-state index contributed by atoms with van der Waals surface area (Å²) in [5.41, 5.74) is 0. The monoisotopic (exact) mass is 486 g/mol. The van der Waals surface area contributed by atoms with Crippen molar-refractivity contribution in [2.45, 2.75) is 6.42 Å². The van der Waals surface area contributed by atoms with Gasteiger partial charge in [0, 0.05) is 0 Å². The molecule has 2 aromatic carbocycles. The number of hydrogen-bond donors (Lipinski definition) is 0. The summed E-state index contributed by atoms with van der Waals surface area (Å²) in [5.74, 6) is 0. The minimum absolute atomic E-state index is 1.20. The van der Waals surface area contributed by atoms with Gasteiger partial charge in [-0.3, -0.25) is 0 Å². The second kappa shape index (κ2) is 22.2. The first-order valence-corrected chi connectivity index (χ1v) is 13.5. The van der Waals surface area contributed by atoms with Gasteiger partial charge >= 0.3 is 0 Å². The van der Waals surface area contributed by atoms with Crippen LogP contribution in [0.25, 0.3) is 0 Å². The topological polar surface area (TPSA) is 0 Å². The number of rotatable bonds is 3. The Morgan fingerprint density at radius 1 is 0.520 bits per heavy atom. The van der Waals surface area contributed by atoms with E-state index in [1.807, 2.05) is 18.2 Å². The zero-order valence-corrected chi connectivity index (χ0v) is 24.0. The molecule has 0 amide bonds. The maximum atomic E-state index is 2.69. The van der Waals surface area contributed by atoms with Crippen LogP contribution < -0.4 is 21.2 Å². The quantitative estimate of drug-likeness (QED) is 0.585. The van der Waals surface area contributed by atoms with Crippen LogP contribution >= 0.6 is 73.9 Å². The van der Waals surface area contributed by atoms with Crippen LogP contribution in [0.2, 0.25) is 0 Å². The number of benzene rings is 2. The Balaban J connectivity index is 0. The summed E-state index contributed by atoms with van der Waals surface area (Å²) in [6, 6.07) is 16.4. The fourth-order valence-corrected chi connectivity index (χ4v) is 3.34. The predicted octanol–water partition coefficient (Wildman–Crippen LogP) is 3.24. The highest BCUT2D eigenvalue weighted by molar-refractivity contribution is 7.35. The maximum absolute atomic E-state index is 2.69. The second-order valence-electron chi connectivity index (χ2n) is 4.81. The van der Waals surface area contributed by atoms with Crippen molar-refractivity contribution in [1.29, 1.82) is 0 Å². The van der Waals surface area contributed by atoms with E-state index in [2.05, 4.69) is 104 Å². The molecule has 0 spiro atoms. The van der Waals surface area contributed by atoms with Crippen LogP contribution in [-0.4, -0.2) is 24.6 Å². The lowest BCUT2D eigenvalue weighted by Crippen LogP contribution is -2.08. The van der Waals surface area contributed by atoms with E-state index in [4.69, 9.17) is 0 Å². The van der Waals surface area contributed by atoms with E-state index in [9.17, 15) is 0 Å². The van der Waals surface area contributed by atoms with Crippen molar-refractivity contribution in [1.82, 2.24) is 0 Å². The summed E-state index contributed by atoms with van der Waals surface area (Å²) in [7, 11) is 21.3. The first-order valence-electron chi connectivity index (χ1n) is 7.94. The lowest BCUT2D eigenvalue weighted by molar-refractivity contribution is 1.13. The molecule has 0 bridgehead atoms. The number of hydrogen-bond acceptors (Lipinski definition) is 0. The highest BCUT2D eigenvalue weighted by atomic mass is 31.0. The Hall–Kier alpha value is 1.88. The Morgan fingerprint density at radius 2 is 0.920 bits per heavy atom. The highest BCUT2D eigenvalue weighted by Gasteiger charge is 1.84. The maximum Gasteiger partial charge on any atom is -0.0231 e. The van der Waals surface area contributed by atoms with Gasteiger partial charge in [0.05, 0.1) is 0 Å². The van der Waals surface area contributed by atoms with Crippen molar-refractivity contribution in [3.05, 3.63) is 48.5 Å². The Morgan fingerprint density at radius 3 is 1.08 bits per heavy atom. The van der Waals surface area contributed by atoms with Crippen LogP contribution in [0, 0.1) is 0 Å². The molecule has 0 heterocycles. The normalized spacial score (nSPS) is 8.80. The third-order valence-electron chi connectivity index (χ3n) is 2.48. The lowest BCUT2D eigenvalue weighted by atomic mass is 10.4. The molecule has 2 rings (SSSR count). The van der Waals surface area contributed by atoms with E-state index < -0.39 is 0 Å². The molecule has 0 aliphatic carbocycles. The molecule has 0 fully saturated rings. The molecule has 142 valence electrons. The van der Waals surface area contributed by atoms with Crippen molar-refractivity contribution in [3.8, 4) is 0 Å². The van der Waals surface area contributed by atoms with Crippen LogP contribution in [0.5, 0.6) is 0 Å². The minimum Gasteiger partial charge on any atom is -0.138 e. The van der Waals surface area contributed by atoms with Crippen molar-refractivity contribution in [3.63, 3.8) is 0 Å². The molecule has 0 aliphatic rings. The van der Waals surface area contributed by atoms with Crippen molar-refractivity contribution >= 4 is 95.1 Å². The van der Waals surface area contributed by atoms with Gasteiger partial charge < -0.3 is 0 Å². The van der Waals surface area contributed by atoms with E-state index in [0.717, 1.165) is 0 Å². The van der Waals surface area contributed by atoms with Crippen molar-refractivity contribution in [2.75, 3.05) is 24.6 Å². The van der Waals surface area contributed by atoms with Crippen molar-refractivity contribution < 1.29 is 0 Å². The van der Waals surface area contributed by atoms with Gasteiger partial charge in [-0.2, -0.15) is 0 Å². The average molecular weight is 486 g/mol. The van der Waals surface area contributed by atoms with Gasteiger partial charge in [-0.15, -0.1) is 73.9 Å². The van der Waals surface area contributed by atoms with Crippen LogP contribution in [0.4, 0.5) is 0 Å². The first kappa shape index (κ1) is 29.1. The molecular formula is C17H34P8. The zero-order chi connectivity index (χ0) is 19.5. The first-order chi connectivity index (χ1) is 11.9. The minimum atomic E-state index is 1.20. The predicted molar refractivity (Wildman–Crippen MR) is 153 cm³/mol. The summed E-state index contributed by atoms with van der Waals surface area (Å²) in [6.45, 7) is 0. The van der Waals surface area contributed by atoms with Gasteiger partial charge in [0.2, 0.25) is 0 Å². The van der Waals surface area contributed by atoms with Crippen molar-refractivity contribution in [2.24, 2.45) is 0 Å². The van der Waals surface area contributed by atoms with Crippen LogP contribution in [0.1, 0.15) is 6.42 Å². The third kappa shape index (κ3) is 22.0. The van der Waals surface area contributed by atoms with E-state index in [0.29, 0.717) is 0 Å². The van der Waals surface area contributed by atoms with Gasteiger partial charge in [0.1, 0.15) is 0 Å². The summed E-state index contributed by atoms with van der Waals surface area (Å²) in [6.07, 6.45) is 6.19. The molecule has 0 aliphatic heterocycles. The smallest absolute Gasteiger partial charge is 0.0231 e. The average Bonchev–Trinajstić information content (AvgIpc) is 2.59. The Kier molecular flexibility index (Phi) is 25.8. The molecule has 0 N–H and O–H groups in total. The molecule has 8 atom stereocenters. The van der Waals surface area contributed by atoms with E-state index in [1.54, 1.807) is 0 Å². The molecule has 8 heteroatoms. The molecule has 0 nitrogen and oxygen atoms in total. The van der Waals surface area contributed by atoms with E-state index in [-0.39, 0.29) is 0 Å². The fourth-order valence-electron chi connectivity index (χ4n) is 1.19. The Bertz CT molecular complexity index is 491. The summed E-state index contributed by atoms with van der Waals surface area (Å²) < 4.78 is 0. The van der Waals surface area contributed by atoms with Gasteiger partial charge in [0.15, 0.2) is 0 Å². The molecule has 0 saturated carbocycles. The standard InChI is InChI=1S/2C6H8P2.C3H10P2.C2H8P2/c7-5-2-1-3-6(8)4-5;7-5-3-1-2-4-6(5)8;4-2-1-3-5;3-1-2-4/h2*1-4H,7-8H2;1-5H2;1-4H2. The second-order valence-corrected chi connectivity index (χ2v) is 9.69. The largest absolute Gasteiger partial charge is 0.138 e. The lowest BCUT2D eigenvalue weighted by Gasteiger charge is -1.93. The van der Waals surface area contributed by atoms with Crippen LogP contribution in [0.3, 0.4) is 0 Å². The molecule has 2 aromatic rings. The van der Waals surface area contributed by atoms with Crippen LogP contribution in [0.15, 0.2) is 48.5 Å². The molecule has 25 heavy (non-hydrogen) atoms. The zero-order valence-electron chi connectivity index (χ0n) is 14.8. The molecule has 0 radical (unpaired) electrons. The Labute approximate surface area is 174 Å². The molecular weight excluding hydrogens is 452 g/mol. The third-order valence-corrected chi connectivity index (χ3v) is 6.73. The van der Waals surface area contributed by atoms with Crippen LogP contribution in [-0.2, 0) is 0 Å². The van der Waals surface area contributed by atoms with E-state index in [1.165, 1.54) is 52.3 Å². The van der Waals surface area contributed by atoms with Gasteiger partial charge in [0.25, 0.3) is 0 Å². The summed E-state index contributed by atoms with van der Waals surface area (Å²) in [5, 5.41) is 4.96. The van der Waals surface area contributed by atoms with E-state index >= 15 is 0 Å². The fraction of sp³-hybridized carbons (Fsp3) is 0.294.